The minimum atomic E-state index is -0.0630. The summed E-state index contributed by atoms with van der Waals surface area (Å²) in [6, 6.07) is 13.2. The van der Waals surface area contributed by atoms with E-state index in [1.54, 1.807) is 23.9 Å². The molecule has 0 spiro atoms. The molecule has 4 nitrogen and oxygen atoms in total. The molecule has 1 aromatic heterocycles. The normalized spacial score (nSPS) is 10.8. The summed E-state index contributed by atoms with van der Waals surface area (Å²) in [6.45, 7) is 1.90. The predicted octanol–water partition coefficient (Wildman–Crippen LogP) is 3.12. The van der Waals surface area contributed by atoms with Gasteiger partial charge in [-0.2, -0.15) is 5.10 Å². The van der Waals surface area contributed by atoms with Crippen LogP contribution >= 0.6 is 0 Å². The second-order valence-electron chi connectivity index (χ2n) is 5.00. The third kappa shape index (κ3) is 2.18. The maximum Gasteiger partial charge on any atom is 0.214 e. The molecule has 0 fully saturated rings. The molecule has 0 bridgehead atoms. The van der Waals surface area contributed by atoms with E-state index < -0.39 is 0 Å². The Morgan fingerprint density at radius 1 is 1.19 bits per heavy atom. The lowest BCUT2D eigenvalue weighted by Crippen LogP contribution is -2.06. The third-order valence-corrected chi connectivity index (χ3v) is 3.65. The van der Waals surface area contributed by atoms with Crippen LogP contribution < -0.4 is 4.74 Å². The molecule has 106 valence electrons. The maximum absolute atomic E-state index is 12.8. The Bertz CT molecular complexity index is 834. The Morgan fingerprint density at radius 2 is 1.95 bits per heavy atom. The van der Waals surface area contributed by atoms with Gasteiger partial charge in [-0.05, 0) is 36.8 Å². The van der Waals surface area contributed by atoms with Crippen molar-refractivity contribution < 1.29 is 9.53 Å². The molecule has 1 heterocycles. The van der Waals surface area contributed by atoms with Crippen LogP contribution in [0.15, 0.2) is 42.5 Å². The highest BCUT2D eigenvalue weighted by Crippen LogP contribution is 2.23. The minimum absolute atomic E-state index is 0.0630. The van der Waals surface area contributed by atoms with Crippen molar-refractivity contribution in [3.63, 3.8) is 0 Å². The first kappa shape index (κ1) is 13.4. The fourth-order valence-electron chi connectivity index (χ4n) is 2.53. The summed E-state index contributed by atoms with van der Waals surface area (Å²) in [7, 11) is 3.46. The quantitative estimate of drug-likeness (QED) is 0.692. The van der Waals surface area contributed by atoms with Crippen LogP contribution in [0.2, 0.25) is 0 Å². The zero-order valence-electron chi connectivity index (χ0n) is 12.3. The van der Waals surface area contributed by atoms with Gasteiger partial charge in [0.25, 0.3) is 0 Å². The van der Waals surface area contributed by atoms with Crippen LogP contribution in [0.3, 0.4) is 0 Å². The number of methoxy groups -OCH3 is 1. The van der Waals surface area contributed by atoms with Crippen molar-refractivity contribution in [2.45, 2.75) is 6.92 Å². The molecule has 0 atom stereocenters. The molecule has 0 N–H and O–H groups in total. The van der Waals surface area contributed by atoms with E-state index in [4.69, 9.17) is 4.74 Å². The fraction of sp³-hybridized carbons (Fsp3) is 0.176. The summed E-state index contributed by atoms with van der Waals surface area (Å²) >= 11 is 0. The summed E-state index contributed by atoms with van der Waals surface area (Å²) in [6.07, 6.45) is 0. The van der Waals surface area contributed by atoms with Gasteiger partial charge >= 0.3 is 0 Å². The molecular formula is C17H16N2O2. The van der Waals surface area contributed by atoms with Crippen molar-refractivity contribution in [2.75, 3.05) is 7.11 Å². The molecule has 21 heavy (non-hydrogen) atoms. The smallest absolute Gasteiger partial charge is 0.214 e. The SMILES string of the molecule is COc1ccc(C(=O)c2nn(C)c3ccccc23)c(C)c1. The average molecular weight is 280 g/mol. The fourth-order valence-corrected chi connectivity index (χ4v) is 2.53. The van der Waals surface area contributed by atoms with Crippen molar-refractivity contribution in [2.24, 2.45) is 7.05 Å². The van der Waals surface area contributed by atoms with Gasteiger partial charge in [0.2, 0.25) is 5.78 Å². The molecule has 3 rings (SSSR count). The monoisotopic (exact) mass is 280 g/mol. The van der Waals surface area contributed by atoms with Crippen molar-refractivity contribution in [3.8, 4) is 5.75 Å². The zero-order chi connectivity index (χ0) is 15.0. The van der Waals surface area contributed by atoms with Gasteiger partial charge in [0.15, 0.2) is 0 Å². The highest BCUT2D eigenvalue weighted by Gasteiger charge is 2.19. The number of aryl methyl sites for hydroxylation is 2. The lowest BCUT2D eigenvalue weighted by Gasteiger charge is -2.06. The van der Waals surface area contributed by atoms with E-state index >= 15 is 0 Å². The highest BCUT2D eigenvalue weighted by molar-refractivity contribution is 6.15. The van der Waals surface area contributed by atoms with E-state index in [-0.39, 0.29) is 5.78 Å². The first-order valence-corrected chi connectivity index (χ1v) is 6.73. The molecule has 0 saturated heterocycles. The molecule has 4 heteroatoms. The van der Waals surface area contributed by atoms with Gasteiger partial charge < -0.3 is 4.74 Å². The number of fused-ring (bicyclic) bond motifs is 1. The number of nitrogens with zero attached hydrogens (tertiary/aromatic N) is 2. The topological polar surface area (TPSA) is 44.1 Å². The van der Waals surface area contributed by atoms with Crippen LogP contribution in [0, 0.1) is 6.92 Å². The predicted molar refractivity (Wildman–Crippen MR) is 81.9 cm³/mol. The maximum atomic E-state index is 12.8. The Morgan fingerprint density at radius 3 is 2.67 bits per heavy atom. The van der Waals surface area contributed by atoms with Gasteiger partial charge in [-0.3, -0.25) is 9.48 Å². The van der Waals surface area contributed by atoms with E-state index in [1.165, 1.54) is 0 Å². The van der Waals surface area contributed by atoms with E-state index in [0.717, 1.165) is 22.2 Å². The van der Waals surface area contributed by atoms with Crippen LogP contribution in [0.25, 0.3) is 10.9 Å². The van der Waals surface area contributed by atoms with Crippen molar-refractivity contribution >= 4 is 16.7 Å². The van der Waals surface area contributed by atoms with Gasteiger partial charge in [-0.1, -0.05) is 18.2 Å². The summed E-state index contributed by atoms with van der Waals surface area (Å²) in [5.41, 5.74) is 2.97. The van der Waals surface area contributed by atoms with Crippen molar-refractivity contribution in [1.29, 1.82) is 0 Å². The molecule has 0 aliphatic rings. The zero-order valence-corrected chi connectivity index (χ0v) is 12.3. The number of para-hydroxylation sites is 1. The van der Waals surface area contributed by atoms with Crippen LogP contribution in [0.4, 0.5) is 0 Å². The highest BCUT2D eigenvalue weighted by atomic mass is 16.5. The number of hydrogen-bond donors (Lipinski definition) is 0. The van der Waals surface area contributed by atoms with Crippen LogP contribution in [0.1, 0.15) is 21.6 Å². The molecule has 0 saturated carbocycles. The Balaban J connectivity index is 2.13. The second kappa shape index (κ2) is 5.05. The standard InChI is InChI=1S/C17H16N2O2/c1-11-10-12(21-3)8-9-13(11)17(20)16-14-6-4-5-7-15(14)19(2)18-16/h4-10H,1-3H3. The number of carbonyl (C=O) groups excluding carboxylic acids is 1. The third-order valence-electron chi connectivity index (χ3n) is 3.65. The van der Waals surface area contributed by atoms with Crippen LogP contribution in [-0.4, -0.2) is 22.7 Å². The van der Waals surface area contributed by atoms with E-state index in [9.17, 15) is 4.79 Å². The van der Waals surface area contributed by atoms with Crippen molar-refractivity contribution in [3.05, 3.63) is 59.3 Å². The lowest BCUT2D eigenvalue weighted by molar-refractivity contribution is 0.103. The number of ether oxygens (including phenoxy) is 1. The molecule has 3 aromatic rings. The average Bonchev–Trinajstić information content (AvgIpc) is 2.84. The molecule has 0 unspecified atom stereocenters. The number of carbonyl (C=O) groups is 1. The summed E-state index contributed by atoms with van der Waals surface area (Å²) < 4.78 is 6.92. The summed E-state index contributed by atoms with van der Waals surface area (Å²) in [4.78, 5) is 12.8. The Hall–Kier alpha value is -2.62. The van der Waals surface area contributed by atoms with Crippen LogP contribution in [0.5, 0.6) is 5.75 Å². The lowest BCUT2D eigenvalue weighted by atomic mass is 10.0. The molecule has 0 aliphatic carbocycles. The Kier molecular flexibility index (Phi) is 3.22. The molecule has 2 aromatic carbocycles. The summed E-state index contributed by atoms with van der Waals surface area (Å²) in [5, 5.41) is 5.26. The number of benzene rings is 2. The van der Waals surface area contributed by atoms with Crippen molar-refractivity contribution in [1.82, 2.24) is 9.78 Å². The van der Waals surface area contributed by atoms with Gasteiger partial charge in [-0.15, -0.1) is 0 Å². The largest absolute Gasteiger partial charge is 0.497 e. The number of rotatable bonds is 3. The number of aromatic nitrogens is 2. The van der Waals surface area contributed by atoms with Gasteiger partial charge in [0, 0.05) is 18.0 Å². The molecule has 0 amide bonds. The number of hydrogen-bond acceptors (Lipinski definition) is 3. The molecule has 0 aliphatic heterocycles. The second-order valence-corrected chi connectivity index (χ2v) is 5.00. The van der Waals surface area contributed by atoms with Crippen LogP contribution in [-0.2, 0) is 7.05 Å². The minimum Gasteiger partial charge on any atom is -0.497 e. The summed E-state index contributed by atoms with van der Waals surface area (Å²) in [5.74, 6) is 0.682. The van der Waals surface area contributed by atoms with Gasteiger partial charge in [0.05, 0.1) is 12.6 Å². The molecular weight excluding hydrogens is 264 g/mol. The first-order chi connectivity index (χ1) is 10.1. The van der Waals surface area contributed by atoms with E-state index in [0.29, 0.717) is 11.3 Å². The van der Waals surface area contributed by atoms with E-state index in [2.05, 4.69) is 5.10 Å². The van der Waals surface area contributed by atoms with Gasteiger partial charge in [0.1, 0.15) is 11.4 Å². The van der Waals surface area contributed by atoms with E-state index in [1.807, 2.05) is 44.3 Å². The van der Waals surface area contributed by atoms with Gasteiger partial charge in [-0.25, -0.2) is 0 Å². The molecule has 0 radical (unpaired) electrons. The Labute approximate surface area is 123 Å². The first-order valence-electron chi connectivity index (χ1n) is 6.73. The number of ketones is 1.